The minimum absolute atomic E-state index is 0.00195. The van der Waals surface area contributed by atoms with Gasteiger partial charge < -0.3 is 10.4 Å². The van der Waals surface area contributed by atoms with E-state index < -0.39 is 17.9 Å². The fraction of sp³-hybridized carbons (Fsp3) is 0.750. The average Bonchev–Trinajstić information content (AvgIpc) is 3.05. The Balaban J connectivity index is 2.34. The van der Waals surface area contributed by atoms with Crippen molar-refractivity contribution >= 4 is 17.9 Å². The van der Waals surface area contributed by atoms with Gasteiger partial charge in [-0.3, -0.25) is 19.8 Å². The van der Waals surface area contributed by atoms with Gasteiger partial charge >= 0.3 is 12.0 Å². The first-order valence-corrected chi connectivity index (χ1v) is 6.44. The van der Waals surface area contributed by atoms with Crippen LogP contribution in [0.15, 0.2) is 0 Å². The Labute approximate surface area is 112 Å². The highest BCUT2D eigenvalue weighted by Crippen LogP contribution is 2.26. The highest BCUT2D eigenvalue weighted by Gasteiger charge is 2.30. The van der Waals surface area contributed by atoms with Gasteiger partial charge in [-0.05, 0) is 26.7 Å². The summed E-state index contributed by atoms with van der Waals surface area (Å²) in [5, 5.41) is 13.4. The SMILES string of the molecule is CC(C)NC(=O)NC(=O)CN(CCC(=O)O)C1CC1. The quantitative estimate of drug-likeness (QED) is 0.612. The van der Waals surface area contributed by atoms with Crippen LogP contribution in [0.2, 0.25) is 0 Å². The van der Waals surface area contributed by atoms with Crippen molar-refractivity contribution in [2.24, 2.45) is 0 Å². The molecule has 1 aliphatic carbocycles. The topological polar surface area (TPSA) is 98.7 Å². The normalized spacial score (nSPS) is 14.5. The van der Waals surface area contributed by atoms with Crippen LogP contribution < -0.4 is 10.6 Å². The largest absolute Gasteiger partial charge is 0.481 e. The van der Waals surface area contributed by atoms with Crippen LogP contribution in [0.5, 0.6) is 0 Å². The summed E-state index contributed by atoms with van der Waals surface area (Å²) in [6.45, 7) is 3.99. The molecule has 1 rings (SSSR count). The van der Waals surface area contributed by atoms with Crippen molar-refractivity contribution in [2.45, 2.75) is 45.2 Å². The Kier molecular flexibility index (Phi) is 5.75. The van der Waals surface area contributed by atoms with Crippen LogP contribution in [0.25, 0.3) is 0 Å². The zero-order chi connectivity index (χ0) is 14.4. The summed E-state index contributed by atoms with van der Waals surface area (Å²) in [7, 11) is 0. The number of amides is 3. The number of nitrogens with zero attached hydrogens (tertiary/aromatic N) is 1. The van der Waals surface area contributed by atoms with Gasteiger partial charge in [0.05, 0.1) is 13.0 Å². The van der Waals surface area contributed by atoms with Crippen LogP contribution in [0, 0.1) is 0 Å². The zero-order valence-electron chi connectivity index (χ0n) is 11.3. The fourth-order valence-electron chi connectivity index (χ4n) is 1.72. The Morgan fingerprint density at radius 3 is 2.42 bits per heavy atom. The monoisotopic (exact) mass is 271 g/mol. The first kappa shape index (κ1) is 15.4. The molecule has 0 bridgehead atoms. The molecule has 0 radical (unpaired) electrons. The maximum Gasteiger partial charge on any atom is 0.321 e. The van der Waals surface area contributed by atoms with Gasteiger partial charge in [-0.25, -0.2) is 4.79 Å². The molecule has 7 nitrogen and oxygen atoms in total. The lowest BCUT2D eigenvalue weighted by atomic mass is 10.3. The van der Waals surface area contributed by atoms with E-state index >= 15 is 0 Å². The van der Waals surface area contributed by atoms with E-state index in [-0.39, 0.29) is 25.0 Å². The number of nitrogens with one attached hydrogen (secondary N) is 2. The molecular weight excluding hydrogens is 250 g/mol. The molecule has 3 amide bonds. The number of carbonyl (C=O) groups is 3. The lowest BCUT2D eigenvalue weighted by Crippen LogP contribution is -2.47. The molecule has 108 valence electrons. The summed E-state index contributed by atoms with van der Waals surface area (Å²) in [5.41, 5.74) is 0. The Morgan fingerprint density at radius 2 is 1.95 bits per heavy atom. The van der Waals surface area contributed by atoms with Gasteiger partial charge in [0.2, 0.25) is 5.91 Å². The third kappa shape index (κ3) is 6.76. The van der Waals surface area contributed by atoms with E-state index in [4.69, 9.17) is 5.11 Å². The zero-order valence-corrected chi connectivity index (χ0v) is 11.3. The second-order valence-electron chi connectivity index (χ2n) is 5.02. The Morgan fingerprint density at radius 1 is 1.32 bits per heavy atom. The Hall–Kier alpha value is -1.63. The van der Waals surface area contributed by atoms with E-state index in [1.54, 1.807) is 13.8 Å². The third-order valence-electron chi connectivity index (χ3n) is 2.70. The number of rotatable bonds is 7. The molecule has 0 aromatic carbocycles. The number of hydrogen-bond acceptors (Lipinski definition) is 4. The summed E-state index contributed by atoms with van der Waals surface area (Å²) in [5.74, 6) is -1.29. The van der Waals surface area contributed by atoms with Crippen molar-refractivity contribution in [1.82, 2.24) is 15.5 Å². The van der Waals surface area contributed by atoms with Crippen molar-refractivity contribution in [3.8, 4) is 0 Å². The second-order valence-corrected chi connectivity index (χ2v) is 5.02. The van der Waals surface area contributed by atoms with Crippen molar-refractivity contribution in [1.29, 1.82) is 0 Å². The number of urea groups is 1. The van der Waals surface area contributed by atoms with Crippen LogP contribution >= 0.6 is 0 Å². The number of imide groups is 1. The van der Waals surface area contributed by atoms with Crippen LogP contribution in [-0.4, -0.2) is 53.1 Å². The molecule has 3 N–H and O–H groups in total. The Bertz CT molecular complexity index is 353. The van der Waals surface area contributed by atoms with Gasteiger partial charge in [-0.2, -0.15) is 0 Å². The molecule has 1 fully saturated rings. The van der Waals surface area contributed by atoms with Gasteiger partial charge in [-0.1, -0.05) is 0 Å². The molecule has 0 aromatic heterocycles. The predicted molar refractivity (Wildman–Crippen MR) is 68.7 cm³/mol. The van der Waals surface area contributed by atoms with Gasteiger partial charge in [0.15, 0.2) is 0 Å². The van der Waals surface area contributed by atoms with E-state index in [1.165, 1.54) is 0 Å². The van der Waals surface area contributed by atoms with Crippen LogP contribution in [0.3, 0.4) is 0 Å². The van der Waals surface area contributed by atoms with E-state index in [1.807, 2.05) is 4.90 Å². The van der Waals surface area contributed by atoms with Gasteiger partial charge in [-0.15, -0.1) is 0 Å². The molecule has 0 atom stereocenters. The highest BCUT2D eigenvalue weighted by atomic mass is 16.4. The number of aliphatic carboxylic acids is 1. The molecule has 0 saturated heterocycles. The molecule has 0 aliphatic heterocycles. The first-order chi connectivity index (χ1) is 8.88. The molecule has 19 heavy (non-hydrogen) atoms. The standard InChI is InChI=1S/C12H21N3O4/c1-8(2)13-12(19)14-10(16)7-15(9-3-4-9)6-5-11(17)18/h8-9H,3-7H2,1-2H3,(H,17,18)(H2,13,14,16,19). The third-order valence-corrected chi connectivity index (χ3v) is 2.70. The molecule has 0 aromatic rings. The molecule has 1 saturated carbocycles. The predicted octanol–water partition coefficient (Wildman–Crippen LogP) is 0.160. The smallest absolute Gasteiger partial charge is 0.321 e. The first-order valence-electron chi connectivity index (χ1n) is 6.44. The lowest BCUT2D eigenvalue weighted by Gasteiger charge is -2.20. The van der Waals surface area contributed by atoms with E-state index in [0.717, 1.165) is 12.8 Å². The van der Waals surface area contributed by atoms with Gasteiger partial charge in [0, 0.05) is 18.6 Å². The summed E-state index contributed by atoms with van der Waals surface area (Å²) in [4.78, 5) is 35.4. The average molecular weight is 271 g/mol. The number of carboxylic acid groups (broad SMARTS) is 1. The summed E-state index contributed by atoms with van der Waals surface area (Å²) in [6, 6.07) is -0.286. The van der Waals surface area contributed by atoms with E-state index in [0.29, 0.717) is 6.54 Å². The molecular formula is C12H21N3O4. The number of carbonyl (C=O) groups excluding carboxylic acids is 2. The maximum atomic E-state index is 11.7. The molecule has 7 heteroatoms. The van der Waals surface area contributed by atoms with Crippen molar-refractivity contribution in [2.75, 3.05) is 13.1 Å². The highest BCUT2D eigenvalue weighted by molar-refractivity contribution is 5.95. The van der Waals surface area contributed by atoms with Crippen molar-refractivity contribution < 1.29 is 19.5 Å². The fourth-order valence-corrected chi connectivity index (χ4v) is 1.72. The van der Waals surface area contributed by atoms with Crippen LogP contribution in [-0.2, 0) is 9.59 Å². The summed E-state index contributed by atoms with van der Waals surface area (Å²) >= 11 is 0. The minimum Gasteiger partial charge on any atom is -0.481 e. The lowest BCUT2D eigenvalue weighted by molar-refractivity contribution is -0.137. The van der Waals surface area contributed by atoms with E-state index in [9.17, 15) is 14.4 Å². The minimum atomic E-state index is -0.886. The molecule has 0 spiro atoms. The number of carboxylic acids is 1. The molecule has 1 aliphatic rings. The van der Waals surface area contributed by atoms with Crippen molar-refractivity contribution in [3.63, 3.8) is 0 Å². The maximum absolute atomic E-state index is 11.7. The summed E-state index contributed by atoms with van der Waals surface area (Å²) in [6.07, 6.45) is 1.96. The summed E-state index contributed by atoms with van der Waals surface area (Å²) < 4.78 is 0. The second kappa shape index (κ2) is 7.08. The van der Waals surface area contributed by atoms with Gasteiger partial charge in [0.1, 0.15) is 0 Å². The van der Waals surface area contributed by atoms with Gasteiger partial charge in [0.25, 0.3) is 0 Å². The van der Waals surface area contributed by atoms with Crippen molar-refractivity contribution in [3.05, 3.63) is 0 Å². The molecule has 0 unspecified atom stereocenters. The van der Waals surface area contributed by atoms with Crippen LogP contribution in [0.4, 0.5) is 4.79 Å². The van der Waals surface area contributed by atoms with E-state index in [2.05, 4.69) is 10.6 Å². The molecule has 0 heterocycles. The van der Waals surface area contributed by atoms with Crippen LogP contribution in [0.1, 0.15) is 33.1 Å². The number of hydrogen-bond donors (Lipinski definition) is 3.